The molecule has 2 saturated heterocycles. The number of aromatic amines is 1. The summed E-state index contributed by atoms with van der Waals surface area (Å²) in [7, 11) is 2.03. The van der Waals surface area contributed by atoms with E-state index in [1.807, 2.05) is 32.4 Å². The van der Waals surface area contributed by atoms with Gasteiger partial charge >= 0.3 is 0 Å². The van der Waals surface area contributed by atoms with Crippen LogP contribution in [0, 0.1) is 0 Å². The van der Waals surface area contributed by atoms with Crippen molar-refractivity contribution in [3.63, 3.8) is 0 Å². The van der Waals surface area contributed by atoms with Crippen LogP contribution in [0.5, 0.6) is 0 Å². The maximum absolute atomic E-state index is 12.3. The third-order valence-corrected chi connectivity index (χ3v) is 6.87. The first-order valence-corrected chi connectivity index (χ1v) is 12.2. The Labute approximate surface area is 199 Å². The van der Waals surface area contributed by atoms with Crippen molar-refractivity contribution >= 4 is 11.0 Å². The minimum Gasteiger partial charge on any atom is -0.320 e. The van der Waals surface area contributed by atoms with Gasteiger partial charge in [0.05, 0.1) is 22.9 Å². The maximum Gasteiger partial charge on any atom is 0.251 e. The molecule has 4 N–H and O–H groups in total. The van der Waals surface area contributed by atoms with Crippen molar-refractivity contribution in [3.8, 4) is 0 Å². The van der Waals surface area contributed by atoms with Gasteiger partial charge in [-0.3, -0.25) is 25.0 Å². The fourth-order valence-electron chi connectivity index (χ4n) is 5.07. The zero-order valence-corrected chi connectivity index (χ0v) is 20.1. The Hall–Kier alpha value is -2.69. The van der Waals surface area contributed by atoms with Gasteiger partial charge in [-0.1, -0.05) is 13.0 Å². The number of aromatic nitrogens is 3. The number of nitrogens with zero attached hydrogens (tertiary/aromatic N) is 4. The Kier molecular flexibility index (Phi) is 6.71. The first kappa shape index (κ1) is 23.1. The molecule has 3 aromatic heterocycles. The number of hydrogen-bond donors (Lipinski definition) is 4. The molecular formula is C25H34N8O. The van der Waals surface area contributed by atoms with Crippen LogP contribution in [0.25, 0.3) is 11.0 Å². The largest absolute Gasteiger partial charge is 0.320 e. The van der Waals surface area contributed by atoms with Crippen LogP contribution < -0.4 is 21.6 Å². The summed E-state index contributed by atoms with van der Waals surface area (Å²) in [6, 6.07) is 8.58. The molecule has 0 spiro atoms. The maximum atomic E-state index is 12.3. The highest BCUT2D eigenvalue weighted by Crippen LogP contribution is 2.28. The number of fused-ring (bicyclic) bond motifs is 1. The Morgan fingerprint density at radius 3 is 2.76 bits per heavy atom. The van der Waals surface area contributed by atoms with Crippen LogP contribution in [0.1, 0.15) is 54.9 Å². The number of pyridine rings is 3. The Balaban J connectivity index is 1.37. The minimum absolute atomic E-state index is 0.0241. The van der Waals surface area contributed by atoms with E-state index in [1.54, 1.807) is 0 Å². The molecule has 5 heterocycles. The zero-order valence-electron chi connectivity index (χ0n) is 20.1. The molecule has 3 atom stereocenters. The summed E-state index contributed by atoms with van der Waals surface area (Å²) in [5.41, 5.74) is 9.06. The monoisotopic (exact) mass is 462 g/mol. The van der Waals surface area contributed by atoms with Crippen molar-refractivity contribution in [1.82, 2.24) is 40.9 Å². The van der Waals surface area contributed by atoms with Crippen molar-refractivity contribution in [1.29, 1.82) is 0 Å². The summed E-state index contributed by atoms with van der Waals surface area (Å²) >= 11 is 0. The molecule has 180 valence electrons. The van der Waals surface area contributed by atoms with Gasteiger partial charge in [-0.05, 0) is 55.6 Å². The van der Waals surface area contributed by atoms with Gasteiger partial charge < -0.3 is 10.3 Å². The molecule has 3 unspecified atom stereocenters. The number of aryl methyl sites for hydroxylation is 1. The SMILES string of the molecule is CCc1cc2ncc(CN3CCNCCC3c3ccc(C4NC(C)NN4C)nc3)cc2[nH]c1=O. The van der Waals surface area contributed by atoms with Crippen molar-refractivity contribution in [2.75, 3.05) is 26.7 Å². The van der Waals surface area contributed by atoms with Gasteiger partial charge in [0.15, 0.2) is 0 Å². The van der Waals surface area contributed by atoms with E-state index in [0.717, 1.165) is 60.5 Å². The van der Waals surface area contributed by atoms with E-state index < -0.39 is 0 Å². The van der Waals surface area contributed by atoms with Crippen LogP contribution in [0.3, 0.4) is 0 Å². The molecule has 2 aliphatic rings. The molecule has 9 heteroatoms. The third kappa shape index (κ3) is 4.75. The second-order valence-electron chi connectivity index (χ2n) is 9.33. The summed E-state index contributed by atoms with van der Waals surface area (Å²) in [4.78, 5) is 27.2. The molecule has 0 amide bonds. The van der Waals surface area contributed by atoms with Crippen LogP contribution in [0.2, 0.25) is 0 Å². The lowest BCUT2D eigenvalue weighted by atomic mass is 10.0. The molecule has 0 aromatic carbocycles. The van der Waals surface area contributed by atoms with Crippen molar-refractivity contribution in [3.05, 3.63) is 69.4 Å². The average molecular weight is 463 g/mol. The van der Waals surface area contributed by atoms with Gasteiger partial charge in [-0.15, -0.1) is 0 Å². The second kappa shape index (κ2) is 9.89. The highest BCUT2D eigenvalue weighted by Gasteiger charge is 2.28. The first-order chi connectivity index (χ1) is 16.5. The van der Waals surface area contributed by atoms with Crippen molar-refractivity contribution in [2.24, 2.45) is 0 Å². The summed E-state index contributed by atoms with van der Waals surface area (Å²) in [6.07, 6.45) is 5.96. The Bertz CT molecular complexity index is 1190. The summed E-state index contributed by atoms with van der Waals surface area (Å²) in [6.45, 7) is 7.70. The Morgan fingerprint density at radius 2 is 2.03 bits per heavy atom. The normalized spacial score (nSPS) is 24.5. The topological polar surface area (TPSA) is 101 Å². The van der Waals surface area contributed by atoms with Crippen molar-refractivity contribution in [2.45, 2.75) is 51.6 Å². The highest BCUT2D eigenvalue weighted by atomic mass is 16.1. The lowest BCUT2D eigenvalue weighted by Gasteiger charge is -2.30. The molecule has 3 aromatic rings. The molecule has 34 heavy (non-hydrogen) atoms. The molecule has 0 radical (unpaired) electrons. The fraction of sp³-hybridized carbons (Fsp3) is 0.480. The molecule has 0 saturated carbocycles. The molecule has 5 rings (SSSR count). The van der Waals surface area contributed by atoms with E-state index in [1.165, 1.54) is 5.56 Å². The summed E-state index contributed by atoms with van der Waals surface area (Å²) in [5.74, 6) is 0. The standard InChI is InChI=1S/C25H34N8O/c1-4-18-12-21-22(30-25(18)34)11-17(13-27-21)15-33-10-9-26-8-7-23(33)19-5-6-20(28-14-19)24-29-16(2)31-32(24)3/h5-6,11-14,16,23-24,26,29,31H,4,7-10,15H2,1-3H3,(H,30,34). The van der Waals surface area contributed by atoms with Gasteiger partial charge in [0, 0.05) is 50.7 Å². The van der Waals surface area contributed by atoms with Gasteiger partial charge in [-0.2, -0.15) is 0 Å². The molecule has 2 fully saturated rings. The molecule has 0 bridgehead atoms. The smallest absolute Gasteiger partial charge is 0.251 e. The average Bonchev–Trinajstić information content (AvgIpc) is 3.02. The van der Waals surface area contributed by atoms with E-state index in [4.69, 9.17) is 4.98 Å². The van der Waals surface area contributed by atoms with E-state index in [2.05, 4.69) is 61.1 Å². The number of H-pyrrole nitrogens is 1. The Morgan fingerprint density at radius 1 is 1.15 bits per heavy atom. The number of nitrogens with one attached hydrogen (secondary N) is 4. The van der Waals surface area contributed by atoms with E-state index >= 15 is 0 Å². The van der Waals surface area contributed by atoms with E-state index in [0.29, 0.717) is 6.42 Å². The minimum atomic E-state index is -0.0241. The van der Waals surface area contributed by atoms with E-state index in [-0.39, 0.29) is 23.9 Å². The molecular weight excluding hydrogens is 428 g/mol. The second-order valence-corrected chi connectivity index (χ2v) is 9.33. The quantitative estimate of drug-likeness (QED) is 0.456. The van der Waals surface area contributed by atoms with Gasteiger partial charge in [-0.25, -0.2) is 10.4 Å². The summed E-state index contributed by atoms with van der Waals surface area (Å²) in [5, 5.41) is 9.09. The van der Waals surface area contributed by atoms with Crippen LogP contribution in [-0.4, -0.2) is 57.7 Å². The van der Waals surface area contributed by atoms with Gasteiger partial charge in [0.1, 0.15) is 6.17 Å². The molecule has 2 aliphatic heterocycles. The van der Waals surface area contributed by atoms with Crippen LogP contribution in [-0.2, 0) is 13.0 Å². The van der Waals surface area contributed by atoms with Gasteiger partial charge in [0.25, 0.3) is 5.56 Å². The predicted molar refractivity (Wildman–Crippen MR) is 133 cm³/mol. The van der Waals surface area contributed by atoms with Crippen LogP contribution >= 0.6 is 0 Å². The van der Waals surface area contributed by atoms with Gasteiger partial charge in [0.2, 0.25) is 0 Å². The predicted octanol–water partition coefficient (Wildman–Crippen LogP) is 1.80. The number of hydrazine groups is 1. The lowest BCUT2D eigenvalue weighted by molar-refractivity contribution is 0.198. The molecule has 0 aliphatic carbocycles. The third-order valence-electron chi connectivity index (χ3n) is 6.87. The zero-order chi connectivity index (χ0) is 23.7. The highest BCUT2D eigenvalue weighted by molar-refractivity contribution is 5.74. The van der Waals surface area contributed by atoms with Crippen LogP contribution in [0.4, 0.5) is 0 Å². The first-order valence-electron chi connectivity index (χ1n) is 12.2. The summed E-state index contributed by atoms with van der Waals surface area (Å²) < 4.78 is 0. The lowest BCUT2D eigenvalue weighted by Crippen LogP contribution is -2.32. The number of hydrogen-bond acceptors (Lipinski definition) is 8. The molecule has 9 nitrogen and oxygen atoms in total. The van der Waals surface area contributed by atoms with Crippen LogP contribution in [0.15, 0.2) is 41.5 Å². The van der Waals surface area contributed by atoms with E-state index in [9.17, 15) is 4.79 Å². The fourth-order valence-corrected chi connectivity index (χ4v) is 5.07. The van der Waals surface area contributed by atoms with Crippen molar-refractivity contribution < 1.29 is 0 Å². The number of rotatable bonds is 5.